The summed E-state index contributed by atoms with van der Waals surface area (Å²) in [5, 5.41) is 9.53. The van der Waals surface area contributed by atoms with Gasteiger partial charge >= 0.3 is 6.18 Å². The Morgan fingerprint density at radius 1 is 1.11 bits per heavy atom. The van der Waals surface area contributed by atoms with Crippen LogP contribution in [0.1, 0.15) is 38.5 Å². The minimum Gasteiger partial charge on any atom is -0.391 e. The number of piperidine rings is 1. The maximum Gasteiger partial charge on any atom is 0.391 e. The molecule has 2 aliphatic rings. The average molecular weight is 279 g/mol. The maximum atomic E-state index is 12.5. The molecule has 1 aliphatic carbocycles. The maximum absolute atomic E-state index is 12.5. The molecule has 3 nitrogen and oxygen atoms in total. The molecule has 1 saturated heterocycles. The van der Waals surface area contributed by atoms with Crippen LogP contribution in [-0.4, -0.2) is 41.3 Å². The Bertz CT molecular complexity index is 324. The molecule has 1 heterocycles. The molecule has 2 rings (SSSR count). The van der Waals surface area contributed by atoms with Crippen molar-refractivity contribution in [3.63, 3.8) is 0 Å². The summed E-state index contributed by atoms with van der Waals surface area (Å²) in [7, 11) is 0. The molecular weight excluding hydrogens is 259 g/mol. The molecular formula is C13H20F3NO2. The Labute approximate surface area is 110 Å². The van der Waals surface area contributed by atoms with Crippen LogP contribution in [0.3, 0.4) is 0 Å². The van der Waals surface area contributed by atoms with Crippen molar-refractivity contribution in [1.82, 2.24) is 4.90 Å². The number of amides is 1. The SMILES string of the molecule is O=C(C1CCC(C(F)(F)F)CC1)N1CCC[C@H](O)C1. The Kier molecular flexibility index (Phi) is 4.38. The highest BCUT2D eigenvalue weighted by Crippen LogP contribution is 2.40. The predicted octanol–water partition coefficient (Wildman–Crippen LogP) is 2.34. The lowest BCUT2D eigenvalue weighted by atomic mass is 9.81. The molecule has 2 fully saturated rings. The van der Waals surface area contributed by atoms with Gasteiger partial charge in [0.1, 0.15) is 0 Å². The molecule has 6 heteroatoms. The Hall–Kier alpha value is -0.780. The molecule has 0 unspecified atom stereocenters. The number of carbonyl (C=O) groups is 1. The summed E-state index contributed by atoms with van der Waals surface area (Å²) >= 11 is 0. The van der Waals surface area contributed by atoms with Gasteiger partial charge in [-0.05, 0) is 38.5 Å². The van der Waals surface area contributed by atoms with E-state index >= 15 is 0 Å². The molecule has 0 aromatic heterocycles. The van der Waals surface area contributed by atoms with Crippen molar-refractivity contribution < 1.29 is 23.1 Å². The van der Waals surface area contributed by atoms with Crippen molar-refractivity contribution in [2.24, 2.45) is 11.8 Å². The number of aliphatic hydroxyl groups is 1. The van der Waals surface area contributed by atoms with Crippen LogP contribution < -0.4 is 0 Å². The van der Waals surface area contributed by atoms with Gasteiger partial charge in [0.25, 0.3) is 0 Å². The number of β-amino-alcohol motifs (C(OH)–C–C–N with tert-alkyl or cyclic N) is 1. The highest BCUT2D eigenvalue weighted by Gasteiger charge is 2.43. The van der Waals surface area contributed by atoms with Gasteiger partial charge in [-0.3, -0.25) is 4.79 Å². The van der Waals surface area contributed by atoms with Crippen molar-refractivity contribution in [3.8, 4) is 0 Å². The smallest absolute Gasteiger partial charge is 0.391 e. The normalized spacial score (nSPS) is 33.3. The van der Waals surface area contributed by atoms with Crippen molar-refractivity contribution in [2.75, 3.05) is 13.1 Å². The molecule has 0 aromatic carbocycles. The summed E-state index contributed by atoms with van der Waals surface area (Å²) in [6.45, 7) is 0.952. The van der Waals surface area contributed by atoms with Crippen molar-refractivity contribution in [3.05, 3.63) is 0 Å². The molecule has 0 spiro atoms. The quantitative estimate of drug-likeness (QED) is 0.800. The second kappa shape index (κ2) is 5.69. The van der Waals surface area contributed by atoms with Gasteiger partial charge in [0, 0.05) is 19.0 Å². The van der Waals surface area contributed by atoms with Gasteiger partial charge in [0.2, 0.25) is 5.91 Å². The molecule has 0 bridgehead atoms. The Balaban J connectivity index is 1.85. The van der Waals surface area contributed by atoms with Crippen LogP contribution in [0, 0.1) is 11.8 Å². The molecule has 1 N–H and O–H groups in total. The van der Waals surface area contributed by atoms with Crippen LogP contribution in [0.4, 0.5) is 13.2 Å². The standard InChI is InChI=1S/C13H20F3NO2/c14-13(15,16)10-5-3-9(4-6-10)12(19)17-7-1-2-11(18)8-17/h9-11,18H,1-8H2/t9?,10?,11-/m0/s1. The number of nitrogens with zero attached hydrogens (tertiary/aromatic N) is 1. The summed E-state index contributed by atoms with van der Waals surface area (Å²) in [5.41, 5.74) is 0. The van der Waals surface area contributed by atoms with Crippen LogP contribution >= 0.6 is 0 Å². The van der Waals surface area contributed by atoms with Gasteiger partial charge in [-0.25, -0.2) is 0 Å². The van der Waals surface area contributed by atoms with Crippen molar-refractivity contribution >= 4 is 5.91 Å². The van der Waals surface area contributed by atoms with Crippen molar-refractivity contribution in [2.45, 2.75) is 50.8 Å². The summed E-state index contributed by atoms with van der Waals surface area (Å²) in [6, 6.07) is 0. The number of rotatable bonds is 1. The van der Waals surface area contributed by atoms with E-state index in [-0.39, 0.29) is 24.7 Å². The summed E-state index contributed by atoms with van der Waals surface area (Å²) in [6.07, 6.45) is -2.41. The van der Waals surface area contributed by atoms with Crippen LogP contribution in [0.15, 0.2) is 0 Å². The predicted molar refractivity (Wildman–Crippen MR) is 63.3 cm³/mol. The fourth-order valence-electron chi connectivity index (χ4n) is 3.08. The summed E-state index contributed by atoms with van der Waals surface area (Å²) in [5.74, 6) is -1.60. The summed E-state index contributed by atoms with van der Waals surface area (Å²) < 4.78 is 37.6. The number of likely N-dealkylation sites (tertiary alicyclic amines) is 1. The fraction of sp³-hybridized carbons (Fsp3) is 0.923. The Morgan fingerprint density at radius 3 is 2.26 bits per heavy atom. The van der Waals surface area contributed by atoms with Gasteiger partial charge < -0.3 is 10.0 Å². The lowest BCUT2D eigenvalue weighted by molar-refractivity contribution is -0.185. The largest absolute Gasteiger partial charge is 0.391 e. The second-order valence-corrected chi connectivity index (χ2v) is 5.67. The molecule has 1 atom stereocenters. The first-order valence-corrected chi connectivity index (χ1v) is 6.91. The van der Waals surface area contributed by atoms with Crippen molar-refractivity contribution in [1.29, 1.82) is 0 Å². The molecule has 1 saturated carbocycles. The van der Waals surface area contributed by atoms with Crippen LogP contribution in [0.5, 0.6) is 0 Å². The van der Waals surface area contributed by atoms with E-state index in [4.69, 9.17) is 0 Å². The lowest BCUT2D eigenvalue weighted by Crippen LogP contribution is -2.45. The van der Waals surface area contributed by atoms with Gasteiger partial charge in [0.05, 0.1) is 12.0 Å². The van der Waals surface area contributed by atoms with Crippen LogP contribution in [0.2, 0.25) is 0 Å². The van der Waals surface area contributed by atoms with Crippen LogP contribution in [-0.2, 0) is 4.79 Å². The summed E-state index contributed by atoms with van der Waals surface area (Å²) in [4.78, 5) is 13.8. The zero-order valence-electron chi connectivity index (χ0n) is 10.8. The molecule has 19 heavy (non-hydrogen) atoms. The third kappa shape index (κ3) is 3.61. The highest BCUT2D eigenvalue weighted by atomic mass is 19.4. The Morgan fingerprint density at radius 2 is 1.74 bits per heavy atom. The van der Waals surface area contributed by atoms with Gasteiger partial charge in [0.15, 0.2) is 0 Å². The van der Waals surface area contributed by atoms with Crippen LogP contribution in [0.25, 0.3) is 0 Å². The zero-order chi connectivity index (χ0) is 14.0. The van der Waals surface area contributed by atoms with E-state index < -0.39 is 18.2 Å². The number of hydrogen-bond acceptors (Lipinski definition) is 2. The highest BCUT2D eigenvalue weighted by molar-refractivity contribution is 5.79. The minimum absolute atomic E-state index is 0.0519. The molecule has 0 radical (unpaired) electrons. The number of halogens is 3. The van der Waals surface area contributed by atoms with Gasteiger partial charge in [-0.1, -0.05) is 0 Å². The minimum atomic E-state index is -4.13. The third-order valence-corrected chi connectivity index (χ3v) is 4.25. The van der Waals surface area contributed by atoms with E-state index in [1.807, 2.05) is 0 Å². The number of alkyl halides is 3. The average Bonchev–Trinajstić information content (AvgIpc) is 2.37. The van der Waals surface area contributed by atoms with E-state index in [0.717, 1.165) is 6.42 Å². The van der Waals surface area contributed by atoms with E-state index in [1.54, 1.807) is 4.90 Å². The van der Waals surface area contributed by atoms with E-state index in [1.165, 1.54) is 0 Å². The first-order valence-electron chi connectivity index (χ1n) is 6.91. The van der Waals surface area contributed by atoms with E-state index in [2.05, 4.69) is 0 Å². The monoisotopic (exact) mass is 279 g/mol. The molecule has 1 aliphatic heterocycles. The second-order valence-electron chi connectivity index (χ2n) is 5.67. The van der Waals surface area contributed by atoms with Gasteiger partial charge in [-0.15, -0.1) is 0 Å². The van der Waals surface area contributed by atoms with E-state index in [9.17, 15) is 23.1 Å². The van der Waals surface area contributed by atoms with Gasteiger partial charge in [-0.2, -0.15) is 13.2 Å². The topological polar surface area (TPSA) is 40.5 Å². The van der Waals surface area contributed by atoms with E-state index in [0.29, 0.717) is 32.4 Å². The zero-order valence-corrected chi connectivity index (χ0v) is 10.8. The number of hydrogen-bond donors (Lipinski definition) is 1. The number of carbonyl (C=O) groups excluding carboxylic acids is 1. The third-order valence-electron chi connectivity index (χ3n) is 4.25. The fourth-order valence-corrected chi connectivity index (χ4v) is 3.08. The first kappa shape index (κ1) is 14.6. The first-order chi connectivity index (χ1) is 8.88. The molecule has 1 amide bonds. The number of aliphatic hydroxyl groups excluding tert-OH is 1. The molecule has 0 aromatic rings. The lowest BCUT2D eigenvalue weighted by Gasteiger charge is -2.35. The molecule has 110 valence electrons.